The minimum absolute atomic E-state index is 0.738. The summed E-state index contributed by atoms with van der Waals surface area (Å²) in [6, 6.07) is 0. The lowest BCUT2D eigenvalue weighted by molar-refractivity contribution is -0.340. The van der Waals surface area contributed by atoms with Crippen LogP contribution in [0.25, 0.3) is 0 Å². The Kier molecular flexibility index (Phi) is 8.48. The zero-order chi connectivity index (χ0) is 21.2. The summed E-state index contributed by atoms with van der Waals surface area (Å²) < 4.78 is 15.8. The van der Waals surface area contributed by atoms with E-state index in [2.05, 4.69) is 0 Å². The van der Waals surface area contributed by atoms with Crippen LogP contribution in [0.2, 0.25) is 0 Å². The number of rotatable bonds is 7. The number of aliphatic hydroxyl groups is 10. The molecule has 2 saturated heterocycles. The van der Waals surface area contributed by atoms with Crippen molar-refractivity contribution in [3.8, 4) is 0 Å². The first kappa shape index (κ1) is 23.8. The summed E-state index contributed by atoms with van der Waals surface area (Å²) in [6.07, 6.45) is -19.9. The summed E-state index contributed by atoms with van der Waals surface area (Å²) >= 11 is 0. The molecule has 2 aliphatic rings. The number of hydrogen-bond donors (Lipinski definition) is 10. The van der Waals surface area contributed by atoms with E-state index in [9.17, 15) is 51.1 Å². The summed E-state index contributed by atoms with van der Waals surface area (Å²) in [7, 11) is 0. The maximum Gasteiger partial charge on any atom is 0.187 e. The standard InChI is InChI=1S/C15H28O13/c16-1-4(19)13(14-11(24)9(22)7(20)5(2-17)26-14)28-15-12(25)10(23)8(21)6(3-18)27-15/h4-25H,1-3H2/t4?,5-,6-,7+,8+,9+,10+,11-,12-,13?,14?,15?/m1/s1. The molecule has 0 spiro atoms. The van der Waals surface area contributed by atoms with Crippen molar-refractivity contribution < 1.29 is 65.3 Å². The molecule has 10 N–H and O–H groups in total. The molecule has 0 saturated carbocycles. The molecule has 13 heteroatoms. The van der Waals surface area contributed by atoms with E-state index in [1.54, 1.807) is 0 Å². The molecule has 4 unspecified atom stereocenters. The van der Waals surface area contributed by atoms with Crippen LogP contribution >= 0.6 is 0 Å². The first-order chi connectivity index (χ1) is 13.2. The molecule has 12 atom stereocenters. The minimum Gasteiger partial charge on any atom is -0.394 e. The molecule has 2 heterocycles. The van der Waals surface area contributed by atoms with E-state index in [4.69, 9.17) is 14.2 Å². The van der Waals surface area contributed by atoms with Crippen LogP contribution < -0.4 is 0 Å². The lowest BCUT2D eigenvalue weighted by Gasteiger charge is -2.46. The van der Waals surface area contributed by atoms with Gasteiger partial charge in [-0.05, 0) is 0 Å². The van der Waals surface area contributed by atoms with Gasteiger partial charge in [0.1, 0.15) is 67.1 Å². The molecule has 0 bridgehead atoms. The Balaban J connectivity index is 2.23. The van der Waals surface area contributed by atoms with Gasteiger partial charge in [-0.2, -0.15) is 0 Å². The van der Waals surface area contributed by atoms with Gasteiger partial charge in [0.25, 0.3) is 0 Å². The topological polar surface area (TPSA) is 230 Å². The number of hydrogen-bond acceptors (Lipinski definition) is 13. The molecule has 0 aromatic heterocycles. The lowest BCUT2D eigenvalue weighted by atomic mass is 9.90. The van der Waals surface area contributed by atoms with Crippen LogP contribution in [0.5, 0.6) is 0 Å². The van der Waals surface area contributed by atoms with Gasteiger partial charge in [0.05, 0.1) is 19.8 Å². The van der Waals surface area contributed by atoms with E-state index in [0.717, 1.165) is 0 Å². The van der Waals surface area contributed by atoms with E-state index in [1.807, 2.05) is 0 Å². The number of aliphatic hydroxyl groups excluding tert-OH is 10. The summed E-state index contributed by atoms with van der Waals surface area (Å²) in [5, 5.41) is 97.5. The van der Waals surface area contributed by atoms with Gasteiger partial charge < -0.3 is 65.3 Å². The highest BCUT2D eigenvalue weighted by Crippen LogP contribution is 2.29. The summed E-state index contributed by atoms with van der Waals surface area (Å²) in [5.74, 6) is 0. The summed E-state index contributed by atoms with van der Waals surface area (Å²) in [4.78, 5) is 0. The molecule has 2 aliphatic heterocycles. The molecule has 2 rings (SSSR count). The van der Waals surface area contributed by atoms with Gasteiger partial charge >= 0.3 is 0 Å². The highest BCUT2D eigenvalue weighted by Gasteiger charge is 2.51. The van der Waals surface area contributed by atoms with Gasteiger partial charge in [0, 0.05) is 0 Å². The Hall–Kier alpha value is -0.520. The fourth-order valence-corrected chi connectivity index (χ4v) is 3.23. The Bertz CT molecular complexity index is 477. The van der Waals surface area contributed by atoms with E-state index >= 15 is 0 Å². The molecule has 2 fully saturated rings. The maximum absolute atomic E-state index is 10.2. The second kappa shape index (κ2) is 9.99. The molecule has 0 aromatic carbocycles. The predicted octanol–water partition coefficient (Wildman–Crippen LogP) is -6.63. The van der Waals surface area contributed by atoms with Crippen molar-refractivity contribution in [2.45, 2.75) is 73.4 Å². The van der Waals surface area contributed by atoms with Crippen molar-refractivity contribution in [1.29, 1.82) is 0 Å². The predicted molar refractivity (Wildman–Crippen MR) is 85.5 cm³/mol. The second-order valence-electron chi connectivity index (χ2n) is 6.84. The van der Waals surface area contributed by atoms with Crippen LogP contribution in [-0.2, 0) is 14.2 Å². The van der Waals surface area contributed by atoms with E-state index < -0.39 is 93.3 Å². The van der Waals surface area contributed by atoms with Crippen molar-refractivity contribution in [2.24, 2.45) is 0 Å². The third-order valence-electron chi connectivity index (χ3n) is 4.96. The van der Waals surface area contributed by atoms with Crippen molar-refractivity contribution >= 4 is 0 Å². The Morgan fingerprint density at radius 2 is 1.18 bits per heavy atom. The van der Waals surface area contributed by atoms with Crippen LogP contribution in [0.4, 0.5) is 0 Å². The van der Waals surface area contributed by atoms with Crippen molar-refractivity contribution in [3.05, 3.63) is 0 Å². The van der Waals surface area contributed by atoms with Crippen molar-refractivity contribution in [3.63, 3.8) is 0 Å². The third kappa shape index (κ3) is 4.62. The first-order valence-electron chi connectivity index (χ1n) is 8.73. The highest BCUT2D eigenvalue weighted by molar-refractivity contribution is 4.98. The monoisotopic (exact) mass is 416 g/mol. The zero-order valence-corrected chi connectivity index (χ0v) is 14.7. The van der Waals surface area contributed by atoms with E-state index in [-0.39, 0.29) is 0 Å². The van der Waals surface area contributed by atoms with Gasteiger partial charge in [0.2, 0.25) is 0 Å². The van der Waals surface area contributed by atoms with E-state index in [1.165, 1.54) is 0 Å². The van der Waals surface area contributed by atoms with Crippen LogP contribution in [0.15, 0.2) is 0 Å². The number of ether oxygens (including phenoxy) is 3. The molecule has 0 radical (unpaired) electrons. The molecule has 28 heavy (non-hydrogen) atoms. The summed E-state index contributed by atoms with van der Waals surface area (Å²) in [5.41, 5.74) is 0. The fourth-order valence-electron chi connectivity index (χ4n) is 3.23. The van der Waals surface area contributed by atoms with Gasteiger partial charge in [-0.15, -0.1) is 0 Å². The second-order valence-corrected chi connectivity index (χ2v) is 6.84. The van der Waals surface area contributed by atoms with Gasteiger partial charge in [-0.3, -0.25) is 0 Å². The van der Waals surface area contributed by atoms with E-state index in [0.29, 0.717) is 0 Å². The Labute approximate surface area is 159 Å². The molecular formula is C15H28O13. The van der Waals surface area contributed by atoms with Crippen LogP contribution in [0.3, 0.4) is 0 Å². The molecular weight excluding hydrogens is 388 g/mol. The summed E-state index contributed by atoms with van der Waals surface area (Å²) in [6.45, 7) is -2.39. The smallest absolute Gasteiger partial charge is 0.187 e. The maximum atomic E-state index is 10.2. The zero-order valence-electron chi connectivity index (χ0n) is 14.7. The Morgan fingerprint density at radius 1 is 0.679 bits per heavy atom. The average Bonchev–Trinajstić information content (AvgIpc) is 2.70. The highest BCUT2D eigenvalue weighted by atomic mass is 16.7. The Morgan fingerprint density at radius 3 is 1.68 bits per heavy atom. The van der Waals surface area contributed by atoms with Gasteiger partial charge in [-0.1, -0.05) is 0 Å². The SMILES string of the molecule is OCC(O)C(OC1O[C@H](CO)[C@H](O)[C@H](O)[C@H]1O)C1O[C@H](CO)[C@H](O)[C@H](O)[C@H]1O. The van der Waals surface area contributed by atoms with Gasteiger partial charge in [-0.25, -0.2) is 0 Å². The largest absolute Gasteiger partial charge is 0.394 e. The first-order valence-corrected chi connectivity index (χ1v) is 8.73. The quantitative estimate of drug-likeness (QED) is 0.186. The molecule has 166 valence electrons. The van der Waals surface area contributed by atoms with Crippen LogP contribution in [0, 0.1) is 0 Å². The molecule has 0 amide bonds. The molecule has 0 aliphatic carbocycles. The average molecular weight is 416 g/mol. The molecule has 13 nitrogen and oxygen atoms in total. The van der Waals surface area contributed by atoms with Crippen LogP contribution in [0.1, 0.15) is 0 Å². The lowest BCUT2D eigenvalue weighted by Crippen LogP contribution is -2.66. The van der Waals surface area contributed by atoms with Crippen molar-refractivity contribution in [2.75, 3.05) is 19.8 Å². The van der Waals surface area contributed by atoms with Crippen LogP contribution in [-0.4, -0.2) is 144 Å². The normalized spacial score (nSPS) is 46.9. The molecule has 0 aromatic rings. The fraction of sp³-hybridized carbons (Fsp3) is 1.00. The third-order valence-corrected chi connectivity index (χ3v) is 4.96. The minimum atomic E-state index is -1.84. The van der Waals surface area contributed by atoms with Crippen molar-refractivity contribution in [1.82, 2.24) is 0 Å². The van der Waals surface area contributed by atoms with Gasteiger partial charge in [0.15, 0.2) is 6.29 Å².